The summed E-state index contributed by atoms with van der Waals surface area (Å²) in [6, 6.07) is 5.34. The molecule has 0 bridgehead atoms. The molecule has 7 nitrogen and oxygen atoms in total. The second-order valence-electron chi connectivity index (χ2n) is 5.66. The lowest BCUT2D eigenvalue weighted by atomic mass is 10.1. The second-order valence-corrected chi connectivity index (χ2v) is 6.90. The van der Waals surface area contributed by atoms with Gasteiger partial charge in [-0.2, -0.15) is 0 Å². The van der Waals surface area contributed by atoms with Crippen LogP contribution in [0, 0.1) is 0 Å². The smallest absolute Gasteiger partial charge is 0.469 e. The summed E-state index contributed by atoms with van der Waals surface area (Å²) in [5.41, 5.74) is 0.598. The van der Waals surface area contributed by atoms with E-state index in [1.165, 1.54) is 12.1 Å². The fourth-order valence-electron chi connectivity index (χ4n) is 2.26. The van der Waals surface area contributed by atoms with Gasteiger partial charge in [0, 0.05) is 6.42 Å². The molecule has 1 aromatic rings. The molecule has 24 heavy (non-hydrogen) atoms. The zero-order chi connectivity index (χ0) is 18.0. The Kier molecular flexibility index (Phi) is 9.00. The maximum atomic E-state index is 12.0. The van der Waals surface area contributed by atoms with Crippen LogP contribution in [0.4, 0.5) is 0 Å². The SMILES string of the molecule is CCCCCCCC(=O)N[C@@H](COP(=O)(O)O)c1ccc(O)cc1. The Morgan fingerprint density at radius 2 is 1.79 bits per heavy atom. The molecule has 136 valence electrons. The van der Waals surface area contributed by atoms with Crippen LogP contribution in [0.2, 0.25) is 0 Å². The van der Waals surface area contributed by atoms with Crippen molar-refractivity contribution in [2.45, 2.75) is 51.5 Å². The highest BCUT2D eigenvalue weighted by Crippen LogP contribution is 2.37. The summed E-state index contributed by atoms with van der Waals surface area (Å²) in [4.78, 5) is 29.7. The number of carbonyl (C=O) groups excluding carboxylic acids is 1. The number of carbonyl (C=O) groups is 1. The molecule has 0 spiro atoms. The molecule has 1 aromatic carbocycles. The van der Waals surface area contributed by atoms with E-state index in [-0.39, 0.29) is 18.3 Å². The molecule has 0 saturated heterocycles. The minimum Gasteiger partial charge on any atom is -0.508 e. The van der Waals surface area contributed by atoms with Gasteiger partial charge in [0.2, 0.25) is 5.91 Å². The summed E-state index contributed by atoms with van der Waals surface area (Å²) >= 11 is 0. The summed E-state index contributed by atoms with van der Waals surface area (Å²) in [5, 5.41) is 12.1. The van der Waals surface area contributed by atoms with Gasteiger partial charge in [0.05, 0.1) is 12.6 Å². The van der Waals surface area contributed by atoms with Crippen LogP contribution in [-0.4, -0.2) is 27.4 Å². The Morgan fingerprint density at radius 3 is 2.38 bits per heavy atom. The normalized spacial score (nSPS) is 12.8. The van der Waals surface area contributed by atoms with Gasteiger partial charge in [-0.25, -0.2) is 4.57 Å². The lowest BCUT2D eigenvalue weighted by molar-refractivity contribution is -0.122. The van der Waals surface area contributed by atoms with Crippen molar-refractivity contribution in [1.82, 2.24) is 5.32 Å². The molecule has 1 amide bonds. The van der Waals surface area contributed by atoms with E-state index in [0.717, 1.165) is 32.1 Å². The van der Waals surface area contributed by atoms with Crippen molar-refractivity contribution in [3.05, 3.63) is 29.8 Å². The fourth-order valence-corrected chi connectivity index (χ4v) is 2.60. The first kappa shape index (κ1) is 20.6. The van der Waals surface area contributed by atoms with E-state index in [1.54, 1.807) is 12.1 Å². The summed E-state index contributed by atoms with van der Waals surface area (Å²) < 4.78 is 15.4. The highest BCUT2D eigenvalue weighted by Gasteiger charge is 2.21. The lowest BCUT2D eigenvalue weighted by Crippen LogP contribution is -2.31. The van der Waals surface area contributed by atoms with E-state index >= 15 is 0 Å². The van der Waals surface area contributed by atoms with Crippen LogP contribution in [0.5, 0.6) is 5.75 Å². The molecule has 0 fully saturated rings. The molecule has 1 atom stereocenters. The molecule has 0 unspecified atom stereocenters. The summed E-state index contributed by atoms with van der Waals surface area (Å²) in [5.74, 6) is -0.130. The third kappa shape index (κ3) is 9.03. The number of nitrogens with one attached hydrogen (secondary N) is 1. The van der Waals surface area contributed by atoms with Crippen LogP contribution < -0.4 is 5.32 Å². The Hall–Kier alpha value is -1.40. The van der Waals surface area contributed by atoms with Gasteiger partial charge in [0.15, 0.2) is 0 Å². The average Bonchev–Trinajstić information content (AvgIpc) is 2.51. The van der Waals surface area contributed by atoms with Crippen LogP contribution in [0.3, 0.4) is 0 Å². The van der Waals surface area contributed by atoms with Gasteiger partial charge in [-0.1, -0.05) is 44.7 Å². The molecule has 0 aliphatic rings. The molecule has 0 aromatic heterocycles. The van der Waals surface area contributed by atoms with E-state index < -0.39 is 13.9 Å². The van der Waals surface area contributed by atoms with E-state index in [2.05, 4.69) is 16.8 Å². The minimum atomic E-state index is -4.63. The number of rotatable bonds is 11. The Bertz CT molecular complexity index is 542. The van der Waals surface area contributed by atoms with Crippen LogP contribution >= 0.6 is 7.82 Å². The van der Waals surface area contributed by atoms with Crippen LogP contribution in [0.25, 0.3) is 0 Å². The number of unbranched alkanes of at least 4 members (excludes halogenated alkanes) is 4. The second kappa shape index (κ2) is 10.5. The number of benzene rings is 1. The molecule has 1 rings (SSSR count). The van der Waals surface area contributed by atoms with E-state index in [9.17, 15) is 14.5 Å². The van der Waals surface area contributed by atoms with E-state index in [1.807, 2.05) is 0 Å². The Morgan fingerprint density at radius 1 is 1.17 bits per heavy atom. The van der Waals surface area contributed by atoms with E-state index in [0.29, 0.717) is 12.0 Å². The predicted molar refractivity (Wildman–Crippen MR) is 90.4 cm³/mol. The van der Waals surface area contributed by atoms with Crippen molar-refractivity contribution >= 4 is 13.7 Å². The number of aromatic hydroxyl groups is 1. The molecule has 0 heterocycles. The number of amides is 1. The summed E-state index contributed by atoms with van der Waals surface area (Å²) in [7, 11) is -4.63. The van der Waals surface area contributed by atoms with Crippen LogP contribution in [0.1, 0.15) is 57.1 Å². The van der Waals surface area contributed by atoms with Gasteiger partial charge in [-0.15, -0.1) is 0 Å². The first-order valence-corrected chi connectivity index (χ1v) is 9.63. The first-order valence-electron chi connectivity index (χ1n) is 8.10. The zero-order valence-electron chi connectivity index (χ0n) is 13.9. The molecular weight excluding hydrogens is 333 g/mol. The first-order chi connectivity index (χ1) is 11.3. The van der Waals surface area contributed by atoms with E-state index in [4.69, 9.17) is 9.79 Å². The van der Waals surface area contributed by atoms with Crippen LogP contribution in [0.15, 0.2) is 24.3 Å². The molecular formula is C16H26NO6P. The summed E-state index contributed by atoms with van der Waals surface area (Å²) in [6.07, 6.45) is 5.47. The highest BCUT2D eigenvalue weighted by molar-refractivity contribution is 7.46. The van der Waals surface area contributed by atoms with Crippen LogP contribution in [-0.2, 0) is 13.9 Å². The van der Waals surface area contributed by atoms with Gasteiger partial charge in [0.25, 0.3) is 0 Å². The van der Waals surface area contributed by atoms with Crippen molar-refractivity contribution < 1.29 is 28.8 Å². The number of phosphoric ester groups is 1. The number of hydrogen-bond donors (Lipinski definition) is 4. The van der Waals surface area contributed by atoms with Gasteiger partial charge < -0.3 is 20.2 Å². The third-order valence-electron chi connectivity index (χ3n) is 3.55. The zero-order valence-corrected chi connectivity index (χ0v) is 14.7. The van der Waals surface area contributed by atoms with Gasteiger partial charge in [0.1, 0.15) is 5.75 Å². The Labute approximate surface area is 142 Å². The molecule has 0 aliphatic heterocycles. The molecule has 4 N–H and O–H groups in total. The topological polar surface area (TPSA) is 116 Å². The minimum absolute atomic E-state index is 0.0654. The van der Waals surface area contributed by atoms with Gasteiger partial charge >= 0.3 is 7.82 Å². The summed E-state index contributed by atoms with van der Waals surface area (Å²) in [6.45, 7) is 1.77. The maximum Gasteiger partial charge on any atom is 0.469 e. The average molecular weight is 359 g/mol. The van der Waals surface area contributed by atoms with Gasteiger partial charge in [-0.05, 0) is 24.1 Å². The third-order valence-corrected chi connectivity index (χ3v) is 4.03. The highest BCUT2D eigenvalue weighted by atomic mass is 31.2. The number of hydrogen-bond acceptors (Lipinski definition) is 4. The fraction of sp³-hybridized carbons (Fsp3) is 0.562. The standard InChI is InChI=1S/C16H26NO6P/c1-2-3-4-5-6-7-16(19)17-15(12-23-24(20,21)22)13-8-10-14(18)11-9-13/h8-11,15,18H,2-7,12H2,1H3,(H,17,19)(H2,20,21,22)/t15-/m0/s1. The molecule has 0 aliphatic carbocycles. The number of phosphoric acid groups is 1. The maximum absolute atomic E-state index is 12.0. The largest absolute Gasteiger partial charge is 0.508 e. The molecule has 0 radical (unpaired) electrons. The van der Waals surface area contributed by atoms with Crippen molar-refractivity contribution in [2.75, 3.05) is 6.61 Å². The van der Waals surface area contributed by atoms with Gasteiger partial charge in [-0.3, -0.25) is 9.32 Å². The quantitative estimate of drug-likeness (QED) is 0.356. The Balaban J connectivity index is 2.59. The number of phenols is 1. The molecule has 8 heteroatoms. The van der Waals surface area contributed by atoms with Crippen molar-refractivity contribution in [2.24, 2.45) is 0 Å². The van der Waals surface area contributed by atoms with Crippen molar-refractivity contribution in [1.29, 1.82) is 0 Å². The lowest BCUT2D eigenvalue weighted by Gasteiger charge is -2.19. The van der Waals surface area contributed by atoms with Crippen molar-refractivity contribution in [3.63, 3.8) is 0 Å². The predicted octanol–water partition coefficient (Wildman–Crippen LogP) is 3.02. The monoisotopic (exact) mass is 359 g/mol. The van der Waals surface area contributed by atoms with Crippen molar-refractivity contribution in [3.8, 4) is 5.75 Å². The number of phenolic OH excluding ortho intramolecular Hbond substituents is 1. The molecule has 0 saturated carbocycles.